The molecule has 1 amide bonds. The van der Waals surface area contributed by atoms with E-state index in [1.807, 2.05) is 0 Å². The van der Waals surface area contributed by atoms with E-state index in [2.05, 4.69) is 15.0 Å². The van der Waals surface area contributed by atoms with Gasteiger partial charge in [-0.15, -0.1) is 0 Å². The van der Waals surface area contributed by atoms with Crippen molar-refractivity contribution in [3.05, 3.63) is 33.8 Å². The molecule has 0 radical (unpaired) electrons. The number of hydrogen-bond acceptors (Lipinski definition) is 9. The zero-order valence-corrected chi connectivity index (χ0v) is 16.5. The number of hydrogen-bond donors (Lipinski definition) is 1. The molecule has 11 nitrogen and oxygen atoms in total. The van der Waals surface area contributed by atoms with Crippen LogP contribution in [0, 0.1) is 0 Å². The number of pyridine rings is 1. The zero-order valence-electron chi connectivity index (χ0n) is 16.5. The first-order valence-corrected chi connectivity index (χ1v) is 9.69. The third-order valence-corrected chi connectivity index (χ3v) is 4.83. The predicted molar refractivity (Wildman–Crippen MR) is 105 cm³/mol. The van der Waals surface area contributed by atoms with Gasteiger partial charge in [-0.25, -0.2) is 9.59 Å². The van der Waals surface area contributed by atoms with E-state index in [1.165, 1.54) is 23.5 Å². The first-order valence-electron chi connectivity index (χ1n) is 9.69. The Morgan fingerprint density at radius 2 is 2.17 bits per heavy atom. The molecule has 1 N–H and O–H groups in total. The van der Waals surface area contributed by atoms with E-state index in [0.717, 1.165) is 13.1 Å². The van der Waals surface area contributed by atoms with Crippen LogP contribution in [0.25, 0.3) is 11.1 Å². The summed E-state index contributed by atoms with van der Waals surface area (Å²) in [5.41, 5.74) is -0.414. The molecule has 2 aliphatic heterocycles. The van der Waals surface area contributed by atoms with E-state index in [0.29, 0.717) is 26.3 Å². The van der Waals surface area contributed by atoms with Crippen LogP contribution in [0.3, 0.4) is 0 Å². The molecule has 0 bridgehead atoms. The number of amides is 1. The van der Waals surface area contributed by atoms with Gasteiger partial charge in [0.05, 0.1) is 38.0 Å². The van der Waals surface area contributed by atoms with Gasteiger partial charge in [-0.1, -0.05) is 0 Å². The molecule has 2 aromatic heterocycles. The van der Waals surface area contributed by atoms with Gasteiger partial charge in [-0.2, -0.15) is 10.1 Å². The van der Waals surface area contributed by atoms with Gasteiger partial charge in [0.15, 0.2) is 0 Å². The summed E-state index contributed by atoms with van der Waals surface area (Å²) in [5, 5.41) is 5.52. The quantitative estimate of drug-likeness (QED) is 0.539. The van der Waals surface area contributed by atoms with Gasteiger partial charge in [0, 0.05) is 25.8 Å². The van der Waals surface area contributed by atoms with Crippen molar-refractivity contribution in [1.29, 1.82) is 0 Å². The second-order valence-electron chi connectivity index (χ2n) is 6.89. The predicted octanol–water partition coefficient (Wildman–Crippen LogP) is 0.785. The summed E-state index contributed by atoms with van der Waals surface area (Å²) in [7, 11) is 0. The number of rotatable bonds is 6. The molecule has 1 atom stereocenters. The lowest BCUT2D eigenvalue weighted by Gasteiger charge is -2.27. The molecule has 0 unspecified atom stereocenters. The summed E-state index contributed by atoms with van der Waals surface area (Å²) in [5.74, 6) is -0.452. The largest absolute Gasteiger partial charge is 0.462 e. The lowest BCUT2D eigenvalue weighted by Crippen LogP contribution is -2.41. The molecule has 2 fully saturated rings. The highest BCUT2D eigenvalue weighted by molar-refractivity contribution is 5.94. The highest BCUT2D eigenvalue weighted by Crippen LogP contribution is 2.16. The summed E-state index contributed by atoms with van der Waals surface area (Å²) in [6.07, 6.45) is 1.76. The van der Waals surface area contributed by atoms with Crippen LogP contribution in [-0.2, 0) is 14.2 Å². The molecule has 4 heterocycles. The molecule has 0 aliphatic carbocycles. The van der Waals surface area contributed by atoms with Crippen LogP contribution in [-0.4, -0.2) is 85.3 Å². The van der Waals surface area contributed by atoms with Crippen molar-refractivity contribution in [2.75, 3.05) is 46.0 Å². The van der Waals surface area contributed by atoms with Crippen molar-refractivity contribution >= 4 is 29.4 Å². The SMILES string of the molecule is CCOC(=O)c1c[nH]c2oc(/C=N\N3C[C@H](CN4CCOCC4)OC3=O)cc2c1=O. The minimum absolute atomic E-state index is 0.109. The van der Waals surface area contributed by atoms with Crippen LogP contribution < -0.4 is 5.43 Å². The van der Waals surface area contributed by atoms with Crippen LogP contribution in [0.4, 0.5) is 4.79 Å². The molecular weight excluding hydrogens is 396 g/mol. The third kappa shape index (κ3) is 4.21. The van der Waals surface area contributed by atoms with Crippen LogP contribution in [0.1, 0.15) is 23.0 Å². The number of nitrogens with zero attached hydrogens (tertiary/aromatic N) is 3. The van der Waals surface area contributed by atoms with Gasteiger partial charge in [0.1, 0.15) is 17.4 Å². The number of carbonyl (C=O) groups excluding carboxylic acids is 2. The number of hydrazone groups is 1. The normalized spacial score (nSPS) is 20.2. The van der Waals surface area contributed by atoms with E-state index in [4.69, 9.17) is 18.6 Å². The number of carbonyl (C=O) groups is 2. The van der Waals surface area contributed by atoms with Crippen molar-refractivity contribution in [3.8, 4) is 0 Å². The number of furan rings is 1. The molecule has 2 aliphatic rings. The number of esters is 1. The Hall–Kier alpha value is -3.18. The monoisotopic (exact) mass is 418 g/mol. The van der Waals surface area contributed by atoms with Gasteiger partial charge in [0.2, 0.25) is 11.1 Å². The molecule has 2 aromatic rings. The van der Waals surface area contributed by atoms with Crippen molar-refractivity contribution < 1.29 is 28.2 Å². The fourth-order valence-corrected chi connectivity index (χ4v) is 3.35. The van der Waals surface area contributed by atoms with E-state index < -0.39 is 17.5 Å². The van der Waals surface area contributed by atoms with Crippen LogP contribution in [0.2, 0.25) is 0 Å². The van der Waals surface area contributed by atoms with E-state index in [9.17, 15) is 14.4 Å². The number of morpholine rings is 1. The lowest BCUT2D eigenvalue weighted by atomic mass is 10.2. The number of H-pyrrole nitrogens is 1. The summed E-state index contributed by atoms with van der Waals surface area (Å²) >= 11 is 0. The maximum Gasteiger partial charge on any atom is 0.430 e. The van der Waals surface area contributed by atoms with Gasteiger partial charge >= 0.3 is 12.1 Å². The fourth-order valence-electron chi connectivity index (χ4n) is 3.35. The third-order valence-electron chi connectivity index (χ3n) is 4.83. The first kappa shape index (κ1) is 20.1. The Balaban J connectivity index is 1.44. The average molecular weight is 418 g/mol. The van der Waals surface area contributed by atoms with Crippen LogP contribution >= 0.6 is 0 Å². The molecule has 0 saturated carbocycles. The first-order chi connectivity index (χ1) is 14.5. The standard InChI is InChI=1S/C19H22N4O7/c1-2-28-18(25)15-9-20-17-14(16(15)24)7-12(29-17)8-21-23-11-13(30-19(23)26)10-22-3-5-27-6-4-22/h7-9,13H,2-6,10-11H2,1H3,(H,20,24)/b21-8-/t13-/m0/s1. The zero-order chi connectivity index (χ0) is 21.1. The summed E-state index contributed by atoms with van der Waals surface area (Å²) in [6.45, 7) is 5.71. The minimum atomic E-state index is -0.705. The Kier molecular flexibility index (Phi) is 5.81. The summed E-state index contributed by atoms with van der Waals surface area (Å²) in [6, 6.07) is 1.45. The lowest BCUT2D eigenvalue weighted by molar-refractivity contribution is 0.0188. The van der Waals surface area contributed by atoms with E-state index in [-0.39, 0.29) is 35.1 Å². The number of cyclic esters (lactones) is 1. The van der Waals surface area contributed by atoms with Crippen molar-refractivity contribution in [2.45, 2.75) is 13.0 Å². The van der Waals surface area contributed by atoms with Gasteiger partial charge in [0.25, 0.3) is 0 Å². The van der Waals surface area contributed by atoms with E-state index in [1.54, 1.807) is 6.92 Å². The molecule has 30 heavy (non-hydrogen) atoms. The molecule has 160 valence electrons. The Labute approximate surface area is 171 Å². The highest BCUT2D eigenvalue weighted by Gasteiger charge is 2.32. The second-order valence-corrected chi connectivity index (χ2v) is 6.89. The Morgan fingerprint density at radius 3 is 2.93 bits per heavy atom. The number of aromatic amines is 1. The van der Waals surface area contributed by atoms with E-state index >= 15 is 0 Å². The number of nitrogens with one attached hydrogen (secondary N) is 1. The molecule has 11 heteroatoms. The van der Waals surface area contributed by atoms with Gasteiger partial charge in [-0.05, 0) is 13.0 Å². The van der Waals surface area contributed by atoms with Crippen molar-refractivity contribution in [2.24, 2.45) is 5.10 Å². The van der Waals surface area contributed by atoms with Gasteiger partial charge < -0.3 is 23.6 Å². The summed E-state index contributed by atoms with van der Waals surface area (Å²) in [4.78, 5) is 41.3. The Bertz CT molecular complexity index is 1020. The van der Waals surface area contributed by atoms with Crippen molar-refractivity contribution in [3.63, 3.8) is 0 Å². The van der Waals surface area contributed by atoms with Crippen LogP contribution in [0.5, 0.6) is 0 Å². The topological polar surface area (TPSA) is 127 Å². The molecule has 0 spiro atoms. The molecular formula is C19H22N4O7. The number of aromatic nitrogens is 1. The molecule has 0 aromatic carbocycles. The second kappa shape index (κ2) is 8.67. The Morgan fingerprint density at radius 1 is 1.37 bits per heavy atom. The number of fused-ring (bicyclic) bond motifs is 1. The minimum Gasteiger partial charge on any atom is -0.462 e. The smallest absolute Gasteiger partial charge is 0.430 e. The van der Waals surface area contributed by atoms with Crippen LogP contribution in [0.15, 0.2) is 26.6 Å². The highest BCUT2D eigenvalue weighted by atomic mass is 16.6. The summed E-state index contributed by atoms with van der Waals surface area (Å²) < 4.78 is 21.1. The van der Waals surface area contributed by atoms with Gasteiger partial charge in [-0.3, -0.25) is 9.69 Å². The fraction of sp³-hybridized carbons (Fsp3) is 0.474. The van der Waals surface area contributed by atoms with Crippen molar-refractivity contribution in [1.82, 2.24) is 14.9 Å². The molecule has 2 saturated heterocycles. The maximum atomic E-state index is 12.5. The number of ether oxygens (including phenoxy) is 3. The molecule has 4 rings (SSSR count). The maximum absolute atomic E-state index is 12.5. The average Bonchev–Trinajstić information content (AvgIpc) is 3.31.